The lowest BCUT2D eigenvalue weighted by Crippen LogP contribution is -2.51. The molecule has 106 valence electrons. The average molecular weight is 261 g/mol. The fourth-order valence-corrected chi connectivity index (χ4v) is 3.07. The summed E-state index contributed by atoms with van der Waals surface area (Å²) in [5.41, 5.74) is 1.57. The summed E-state index contributed by atoms with van der Waals surface area (Å²) in [7, 11) is 0. The zero-order valence-electron chi connectivity index (χ0n) is 12.4. The van der Waals surface area contributed by atoms with Crippen LogP contribution in [0.4, 0.5) is 0 Å². The first-order valence-electron chi connectivity index (χ1n) is 7.63. The number of aryl methyl sites for hydroxylation is 1. The van der Waals surface area contributed by atoms with Gasteiger partial charge in [0.15, 0.2) is 0 Å². The lowest BCUT2D eigenvalue weighted by molar-refractivity contribution is -0.00310. The maximum Gasteiger partial charge on any atom is 0.102 e. The predicted molar refractivity (Wildman–Crippen MR) is 80.2 cm³/mol. The van der Waals surface area contributed by atoms with E-state index in [-0.39, 0.29) is 6.04 Å². The molecule has 0 radical (unpaired) electrons. The highest BCUT2D eigenvalue weighted by molar-refractivity contribution is 5.28. The standard InChI is InChI=1S/C17H27NO/c1-4-13-6-8-15(9-7-13)17(3,19)16-12-14(5-2)10-11-18-16/h6-9,14,16,18-19H,4-5,10-12H2,1-3H3. The number of aliphatic hydroxyl groups is 1. The molecular formula is C17H27NO. The number of benzene rings is 1. The van der Waals surface area contributed by atoms with Crippen LogP contribution in [-0.2, 0) is 12.0 Å². The summed E-state index contributed by atoms with van der Waals surface area (Å²) in [5, 5.41) is 14.4. The van der Waals surface area contributed by atoms with Crippen molar-refractivity contribution in [1.82, 2.24) is 5.32 Å². The van der Waals surface area contributed by atoms with Crippen molar-refractivity contribution >= 4 is 0 Å². The van der Waals surface area contributed by atoms with Gasteiger partial charge in [0.1, 0.15) is 5.60 Å². The third-order valence-corrected chi connectivity index (χ3v) is 4.71. The topological polar surface area (TPSA) is 32.3 Å². The molecule has 0 aliphatic carbocycles. The van der Waals surface area contributed by atoms with Crippen LogP contribution >= 0.6 is 0 Å². The molecule has 1 aromatic carbocycles. The summed E-state index contributed by atoms with van der Waals surface area (Å²) < 4.78 is 0. The highest BCUT2D eigenvalue weighted by Crippen LogP contribution is 2.32. The van der Waals surface area contributed by atoms with E-state index in [0.29, 0.717) is 0 Å². The third kappa shape index (κ3) is 3.18. The molecule has 0 bridgehead atoms. The summed E-state index contributed by atoms with van der Waals surface area (Å²) >= 11 is 0. The van der Waals surface area contributed by atoms with Crippen LogP contribution in [0.1, 0.15) is 51.2 Å². The molecule has 1 aliphatic heterocycles. The first-order valence-corrected chi connectivity index (χ1v) is 7.63. The Labute approximate surface area is 117 Å². The molecule has 1 fully saturated rings. The molecule has 0 aromatic heterocycles. The Balaban J connectivity index is 2.15. The van der Waals surface area contributed by atoms with Crippen molar-refractivity contribution in [2.75, 3.05) is 6.54 Å². The molecule has 0 spiro atoms. The van der Waals surface area contributed by atoms with Gasteiger partial charge in [-0.15, -0.1) is 0 Å². The van der Waals surface area contributed by atoms with E-state index in [1.54, 1.807) is 0 Å². The second-order valence-electron chi connectivity index (χ2n) is 6.00. The van der Waals surface area contributed by atoms with Crippen LogP contribution in [0.5, 0.6) is 0 Å². The summed E-state index contributed by atoms with van der Waals surface area (Å²) in [6.45, 7) is 7.37. The molecule has 1 aromatic rings. The zero-order valence-corrected chi connectivity index (χ0v) is 12.4. The van der Waals surface area contributed by atoms with E-state index in [2.05, 4.69) is 43.4 Å². The van der Waals surface area contributed by atoms with Crippen molar-refractivity contribution in [1.29, 1.82) is 0 Å². The Bertz CT molecular complexity index is 396. The molecule has 3 atom stereocenters. The molecule has 1 aliphatic rings. The molecule has 3 unspecified atom stereocenters. The molecule has 19 heavy (non-hydrogen) atoms. The van der Waals surface area contributed by atoms with Crippen LogP contribution in [0.3, 0.4) is 0 Å². The molecule has 0 amide bonds. The van der Waals surface area contributed by atoms with Gasteiger partial charge in [-0.25, -0.2) is 0 Å². The van der Waals surface area contributed by atoms with E-state index < -0.39 is 5.60 Å². The average Bonchev–Trinajstić information content (AvgIpc) is 2.47. The fraction of sp³-hybridized carbons (Fsp3) is 0.647. The van der Waals surface area contributed by atoms with Crippen molar-refractivity contribution in [2.24, 2.45) is 5.92 Å². The van der Waals surface area contributed by atoms with Crippen LogP contribution in [0.25, 0.3) is 0 Å². The van der Waals surface area contributed by atoms with Crippen molar-refractivity contribution in [3.63, 3.8) is 0 Å². The van der Waals surface area contributed by atoms with Crippen molar-refractivity contribution in [2.45, 2.75) is 58.1 Å². The first-order chi connectivity index (χ1) is 9.07. The van der Waals surface area contributed by atoms with Gasteiger partial charge in [0.2, 0.25) is 0 Å². The molecule has 1 heterocycles. The van der Waals surface area contributed by atoms with Crippen LogP contribution in [0.2, 0.25) is 0 Å². The van der Waals surface area contributed by atoms with E-state index >= 15 is 0 Å². The lowest BCUT2D eigenvalue weighted by atomic mass is 9.79. The Kier molecular flexibility index (Phi) is 4.64. The minimum Gasteiger partial charge on any atom is -0.384 e. The monoisotopic (exact) mass is 261 g/mol. The van der Waals surface area contributed by atoms with Gasteiger partial charge in [0.25, 0.3) is 0 Å². The summed E-state index contributed by atoms with van der Waals surface area (Å²) in [6.07, 6.45) is 4.56. The maximum absolute atomic E-state index is 10.9. The van der Waals surface area contributed by atoms with Gasteiger partial charge in [0, 0.05) is 6.04 Å². The van der Waals surface area contributed by atoms with E-state index in [1.807, 2.05) is 6.92 Å². The van der Waals surface area contributed by atoms with Gasteiger partial charge in [-0.2, -0.15) is 0 Å². The van der Waals surface area contributed by atoms with E-state index in [9.17, 15) is 5.11 Å². The number of nitrogens with one attached hydrogen (secondary N) is 1. The molecule has 1 saturated heterocycles. The van der Waals surface area contributed by atoms with Crippen molar-refractivity contribution in [3.8, 4) is 0 Å². The van der Waals surface area contributed by atoms with Crippen LogP contribution in [0.15, 0.2) is 24.3 Å². The quantitative estimate of drug-likeness (QED) is 0.872. The Morgan fingerprint density at radius 2 is 1.95 bits per heavy atom. The predicted octanol–water partition coefficient (Wildman–Crippen LogP) is 3.23. The second kappa shape index (κ2) is 6.06. The molecular weight excluding hydrogens is 234 g/mol. The second-order valence-corrected chi connectivity index (χ2v) is 6.00. The fourth-order valence-electron chi connectivity index (χ4n) is 3.07. The highest BCUT2D eigenvalue weighted by Gasteiger charge is 2.36. The number of piperidine rings is 1. The zero-order chi connectivity index (χ0) is 13.9. The minimum atomic E-state index is -0.778. The molecule has 2 heteroatoms. The summed E-state index contributed by atoms with van der Waals surface area (Å²) in [5.74, 6) is 0.743. The molecule has 2 rings (SSSR count). The van der Waals surface area contributed by atoms with Gasteiger partial charge < -0.3 is 10.4 Å². The smallest absolute Gasteiger partial charge is 0.102 e. The number of hydrogen-bond donors (Lipinski definition) is 2. The Hall–Kier alpha value is -0.860. The summed E-state index contributed by atoms with van der Waals surface area (Å²) in [4.78, 5) is 0. The SMILES string of the molecule is CCc1ccc(C(C)(O)C2CC(CC)CCN2)cc1. The highest BCUT2D eigenvalue weighted by atomic mass is 16.3. The first kappa shape index (κ1) is 14.5. The van der Waals surface area contributed by atoms with E-state index in [4.69, 9.17) is 0 Å². The number of hydrogen-bond acceptors (Lipinski definition) is 2. The molecule has 2 N–H and O–H groups in total. The Morgan fingerprint density at radius 3 is 2.53 bits per heavy atom. The minimum absolute atomic E-state index is 0.165. The van der Waals surface area contributed by atoms with Crippen molar-refractivity contribution < 1.29 is 5.11 Å². The third-order valence-electron chi connectivity index (χ3n) is 4.71. The van der Waals surface area contributed by atoms with Gasteiger partial charge >= 0.3 is 0 Å². The van der Waals surface area contributed by atoms with Gasteiger partial charge in [-0.1, -0.05) is 44.5 Å². The van der Waals surface area contributed by atoms with E-state index in [0.717, 1.165) is 30.9 Å². The van der Waals surface area contributed by atoms with Gasteiger partial charge in [0.05, 0.1) is 0 Å². The maximum atomic E-state index is 10.9. The van der Waals surface area contributed by atoms with Crippen molar-refractivity contribution in [3.05, 3.63) is 35.4 Å². The largest absolute Gasteiger partial charge is 0.384 e. The normalized spacial score (nSPS) is 26.9. The van der Waals surface area contributed by atoms with Gasteiger partial charge in [-0.3, -0.25) is 0 Å². The van der Waals surface area contributed by atoms with Crippen LogP contribution in [-0.4, -0.2) is 17.7 Å². The molecule has 2 nitrogen and oxygen atoms in total. The Morgan fingerprint density at radius 1 is 1.26 bits per heavy atom. The van der Waals surface area contributed by atoms with E-state index in [1.165, 1.54) is 18.4 Å². The van der Waals surface area contributed by atoms with Crippen LogP contribution < -0.4 is 5.32 Å². The molecule has 0 saturated carbocycles. The lowest BCUT2D eigenvalue weighted by Gasteiger charge is -2.39. The van der Waals surface area contributed by atoms with Gasteiger partial charge in [-0.05, 0) is 49.8 Å². The number of rotatable bonds is 4. The van der Waals surface area contributed by atoms with Crippen LogP contribution in [0, 0.1) is 5.92 Å². The summed E-state index contributed by atoms with van der Waals surface area (Å²) in [6, 6.07) is 8.58.